The third-order valence-electron chi connectivity index (χ3n) is 6.61. The molecular formula is C25H44O4Si2. The normalized spacial score (nSPS) is 13.7. The van der Waals surface area contributed by atoms with E-state index in [0.717, 1.165) is 17.1 Å². The second-order valence-electron chi connectivity index (χ2n) is 11.3. The van der Waals surface area contributed by atoms with E-state index in [9.17, 15) is 4.79 Å². The molecule has 0 spiro atoms. The van der Waals surface area contributed by atoms with Gasteiger partial charge in [0.25, 0.3) is 0 Å². The molecule has 1 aromatic carbocycles. The van der Waals surface area contributed by atoms with E-state index in [1.165, 1.54) is 0 Å². The molecule has 0 heterocycles. The lowest BCUT2D eigenvalue weighted by Crippen LogP contribution is -2.44. The summed E-state index contributed by atoms with van der Waals surface area (Å²) in [7, 11) is -3.96. The number of ether oxygens (including phenoxy) is 1. The van der Waals surface area contributed by atoms with Crippen molar-refractivity contribution in [2.75, 3.05) is 6.61 Å². The first-order valence-electron chi connectivity index (χ1n) is 11.3. The molecule has 1 aromatic rings. The summed E-state index contributed by atoms with van der Waals surface area (Å²) in [5, 5.41) is 0.209. The maximum Gasteiger partial charge on any atom is 0.333 e. The number of benzene rings is 1. The van der Waals surface area contributed by atoms with Gasteiger partial charge in [-0.1, -0.05) is 47.6 Å². The average molecular weight is 465 g/mol. The van der Waals surface area contributed by atoms with Gasteiger partial charge in [0.2, 0.25) is 16.6 Å². The number of esters is 1. The van der Waals surface area contributed by atoms with Crippen molar-refractivity contribution in [3.63, 3.8) is 0 Å². The van der Waals surface area contributed by atoms with Crippen molar-refractivity contribution in [2.45, 2.75) is 98.1 Å². The molecule has 31 heavy (non-hydrogen) atoms. The monoisotopic (exact) mass is 464 g/mol. The number of carbonyl (C=O) groups is 1. The Bertz CT molecular complexity index is 797. The third-order valence-corrected chi connectivity index (χ3v) is 15.3. The highest BCUT2D eigenvalue weighted by Crippen LogP contribution is 2.41. The molecule has 0 saturated heterocycles. The Balaban J connectivity index is 3.34. The predicted molar refractivity (Wildman–Crippen MR) is 136 cm³/mol. The third kappa shape index (κ3) is 7.53. The van der Waals surface area contributed by atoms with Crippen LogP contribution in [0, 0.1) is 0 Å². The first-order valence-corrected chi connectivity index (χ1v) is 17.1. The summed E-state index contributed by atoms with van der Waals surface area (Å²) in [6, 6.07) is 6.14. The Labute approximate surface area is 192 Å². The highest BCUT2D eigenvalue weighted by atomic mass is 28.4. The molecule has 0 fully saturated rings. The van der Waals surface area contributed by atoms with E-state index in [2.05, 4.69) is 73.8 Å². The van der Waals surface area contributed by atoms with Crippen molar-refractivity contribution >= 4 is 22.6 Å². The number of hydrogen-bond acceptors (Lipinski definition) is 4. The Hall–Kier alpha value is -1.54. The molecule has 0 aliphatic carbocycles. The number of rotatable bonds is 8. The zero-order chi connectivity index (χ0) is 24.3. The van der Waals surface area contributed by atoms with Gasteiger partial charge in [-0.3, -0.25) is 0 Å². The van der Waals surface area contributed by atoms with E-state index >= 15 is 0 Å². The maximum absolute atomic E-state index is 12.0. The van der Waals surface area contributed by atoms with Gasteiger partial charge in [-0.2, -0.15) is 0 Å². The molecule has 0 saturated carbocycles. The van der Waals surface area contributed by atoms with Crippen molar-refractivity contribution in [3.8, 4) is 11.5 Å². The molecule has 0 aromatic heterocycles. The Morgan fingerprint density at radius 1 is 0.935 bits per heavy atom. The molecule has 6 heteroatoms. The average Bonchev–Trinajstić information content (AvgIpc) is 2.59. The fraction of sp³-hybridized carbons (Fsp3) is 0.640. The lowest BCUT2D eigenvalue weighted by molar-refractivity contribution is -0.138. The van der Waals surface area contributed by atoms with Crippen molar-refractivity contribution in [1.82, 2.24) is 0 Å². The molecule has 0 N–H and O–H groups in total. The minimum atomic E-state index is -2.01. The van der Waals surface area contributed by atoms with Crippen LogP contribution in [-0.2, 0) is 16.0 Å². The van der Waals surface area contributed by atoms with Gasteiger partial charge >= 0.3 is 5.97 Å². The standard InChI is InChI=1S/C25H44O4Si2/c1-13-27-23(26)19(2)14-15-20-18-21(28-30(9,10)24(3,4)5)16-17-22(20)29-31(11,12)25(6,7)8/h14,16-18H,13,15H2,1-12H3/b19-14+. The van der Waals surface area contributed by atoms with Crippen molar-refractivity contribution in [2.24, 2.45) is 0 Å². The topological polar surface area (TPSA) is 44.8 Å². The molecule has 0 aliphatic heterocycles. The number of hydrogen-bond donors (Lipinski definition) is 0. The van der Waals surface area contributed by atoms with Crippen LogP contribution in [0.2, 0.25) is 36.3 Å². The van der Waals surface area contributed by atoms with Gasteiger partial charge in [-0.05, 0) is 74.7 Å². The summed E-state index contributed by atoms with van der Waals surface area (Å²) in [6.45, 7) is 26.4. The van der Waals surface area contributed by atoms with Crippen LogP contribution in [0.5, 0.6) is 11.5 Å². The van der Waals surface area contributed by atoms with Gasteiger partial charge in [0, 0.05) is 11.1 Å². The molecule has 1 rings (SSSR count). The summed E-state index contributed by atoms with van der Waals surface area (Å²) in [5.74, 6) is 1.47. The van der Waals surface area contributed by atoms with Gasteiger partial charge in [-0.25, -0.2) is 4.79 Å². The highest BCUT2D eigenvalue weighted by molar-refractivity contribution is 6.75. The first kappa shape index (κ1) is 27.5. The van der Waals surface area contributed by atoms with Crippen LogP contribution in [0.3, 0.4) is 0 Å². The van der Waals surface area contributed by atoms with E-state index in [1.54, 1.807) is 6.92 Å². The minimum Gasteiger partial charge on any atom is -0.543 e. The molecule has 0 radical (unpaired) electrons. The Morgan fingerprint density at radius 2 is 1.45 bits per heavy atom. The Morgan fingerprint density at radius 3 is 1.94 bits per heavy atom. The van der Waals surface area contributed by atoms with Crippen LogP contribution in [0.1, 0.15) is 61.0 Å². The quantitative estimate of drug-likeness (QED) is 0.227. The van der Waals surface area contributed by atoms with Crippen LogP contribution < -0.4 is 8.85 Å². The summed E-state index contributed by atoms with van der Waals surface area (Å²) < 4.78 is 18.3. The van der Waals surface area contributed by atoms with E-state index in [4.69, 9.17) is 13.6 Å². The second-order valence-corrected chi connectivity index (χ2v) is 20.8. The Kier molecular flexibility index (Phi) is 8.82. The summed E-state index contributed by atoms with van der Waals surface area (Å²) in [6.07, 6.45) is 2.51. The largest absolute Gasteiger partial charge is 0.543 e. The lowest BCUT2D eigenvalue weighted by Gasteiger charge is -2.38. The first-order chi connectivity index (χ1) is 13.9. The van der Waals surface area contributed by atoms with Gasteiger partial charge in [0.1, 0.15) is 11.5 Å². The molecule has 0 amide bonds. The van der Waals surface area contributed by atoms with E-state index in [0.29, 0.717) is 18.6 Å². The van der Waals surface area contributed by atoms with Gasteiger partial charge in [0.05, 0.1) is 6.61 Å². The smallest absolute Gasteiger partial charge is 0.333 e. The van der Waals surface area contributed by atoms with E-state index < -0.39 is 16.6 Å². The van der Waals surface area contributed by atoms with Crippen LogP contribution in [-0.4, -0.2) is 29.2 Å². The zero-order valence-electron chi connectivity index (χ0n) is 21.9. The molecule has 0 unspecified atom stereocenters. The zero-order valence-corrected chi connectivity index (χ0v) is 23.9. The minimum absolute atomic E-state index is 0.0945. The number of carbonyl (C=O) groups excluding carboxylic acids is 1. The maximum atomic E-state index is 12.0. The molecule has 0 atom stereocenters. The van der Waals surface area contributed by atoms with Crippen molar-refractivity contribution in [3.05, 3.63) is 35.4 Å². The highest BCUT2D eigenvalue weighted by Gasteiger charge is 2.40. The van der Waals surface area contributed by atoms with E-state index in [-0.39, 0.29) is 16.0 Å². The molecule has 176 valence electrons. The van der Waals surface area contributed by atoms with E-state index in [1.807, 2.05) is 25.1 Å². The number of allylic oxidation sites excluding steroid dienone is 1. The van der Waals surface area contributed by atoms with Crippen LogP contribution >= 0.6 is 0 Å². The predicted octanol–water partition coefficient (Wildman–Crippen LogP) is 7.51. The summed E-state index contributed by atoms with van der Waals surface area (Å²) in [4.78, 5) is 12.0. The molecule has 4 nitrogen and oxygen atoms in total. The molecule has 0 bridgehead atoms. The van der Waals surface area contributed by atoms with Gasteiger partial charge in [-0.15, -0.1) is 0 Å². The summed E-state index contributed by atoms with van der Waals surface area (Å²) in [5.41, 5.74) is 1.64. The van der Waals surface area contributed by atoms with Crippen LogP contribution in [0.25, 0.3) is 0 Å². The second kappa shape index (κ2) is 9.94. The van der Waals surface area contributed by atoms with Gasteiger partial charge in [0.15, 0.2) is 0 Å². The van der Waals surface area contributed by atoms with Crippen LogP contribution in [0.15, 0.2) is 29.8 Å². The van der Waals surface area contributed by atoms with Gasteiger partial charge < -0.3 is 13.6 Å². The fourth-order valence-electron chi connectivity index (χ4n) is 2.35. The molecular weight excluding hydrogens is 420 g/mol. The van der Waals surface area contributed by atoms with Crippen molar-refractivity contribution < 1.29 is 18.4 Å². The fourth-order valence-corrected chi connectivity index (χ4v) is 4.42. The SMILES string of the molecule is CCOC(=O)/C(C)=C/Cc1cc(O[Si](C)(C)C(C)(C)C)ccc1O[Si](C)(C)C(C)(C)C. The molecule has 0 aliphatic rings. The lowest BCUT2D eigenvalue weighted by atomic mass is 10.1. The van der Waals surface area contributed by atoms with Crippen molar-refractivity contribution in [1.29, 1.82) is 0 Å². The van der Waals surface area contributed by atoms with Crippen LogP contribution in [0.4, 0.5) is 0 Å². The summed E-state index contributed by atoms with van der Waals surface area (Å²) >= 11 is 0.